The lowest BCUT2D eigenvalue weighted by molar-refractivity contribution is -0.252. The number of hydrogen-bond donors (Lipinski definition) is 4. The van der Waals surface area contributed by atoms with E-state index >= 15 is 0 Å². The molecule has 11 heteroatoms. The number of hydrogen-bond acceptors (Lipinski definition) is 9. The molecular weight excluding hydrogens is 286 g/mol. The van der Waals surface area contributed by atoms with E-state index in [4.69, 9.17) is 4.74 Å². The lowest BCUT2D eigenvalue weighted by Crippen LogP contribution is -2.64. The number of carbonyl (C=O) groups is 1. The molecule has 0 bridgehead atoms. The Morgan fingerprint density at radius 3 is 2.42 bits per heavy atom. The second-order valence-electron chi connectivity index (χ2n) is 3.97. The zero-order valence-corrected chi connectivity index (χ0v) is 10.6. The minimum atomic E-state index is -4.99. The van der Waals surface area contributed by atoms with Gasteiger partial charge < -0.3 is 29.9 Å². The van der Waals surface area contributed by atoms with Gasteiger partial charge >= 0.3 is 0 Å². The summed E-state index contributed by atoms with van der Waals surface area (Å²) in [5, 5.41) is 31.0. The quantitative estimate of drug-likeness (QED) is 0.303. The van der Waals surface area contributed by atoms with E-state index < -0.39 is 53.6 Å². The van der Waals surface area contributed by atoms with Crippen molar-refractivity contribution < 1.29 is 42.0 Å². The van der Waals surface area contributed by atoms with Crippen LogP contribution in [0.2, 0.25) is 0 Å². The van der Waals surface area contributed by atoms with Crippen molar-refractivity contribution in [2.24, 2.45) is 0 Å². The summed E-state index contributed by atoms with van der Waals surface area (Å²) in [5.74, 6) is -0.573. The first-order valence-corrected chi connectivity index (χ1v) is 6.52. The third-order valence-electron chi connectivity index (χ3n) is 2.47. The van der Waals surface area contributed by atoms with Gasteiger partial charge in [-0.1, -0.05) is 0 Å². The van der Waals surface area contributed by atoms with Gasteiger partial charge in [0.05, 0.1) is 6.61 Å². The summed E-state index contributed by atoms with van der Waals surface area (Å²) in [6.45, 7) is 0.263. The van der Waals surface area contributed by atoms with Gasteiger partial charge in [-0.3, -0.25) is 8.98 Å². The van der Waals surface area contributed by atoms with Gasteiger partial charge in [0.25, 0.3) is 0 Å². The second-order valence-corrected chi connectivity index (χ2v) is 5.02. The first-order chi connectivity index (χ1) is 8.61. The van der Waals surface area contributed by atoms with E-state index in [1.54, 1.807) is 0 Å². The number of amides is 1. The molecule has 0 unspecified atom stereocenters. The molecule has 0 aromatic carbocycles. The van der Waals surface area contributed by atoms with Crippen molar-refractivity contribution in [1.29, 1.82) is 0 Å². The van der Waals surface area contributed by atoms with Gasteiger partial charge in [0.1, 0.15) is 24.4 Å². The molecule has 1 rings (SSSR count). The Hall–Kier alpha value is -0.820. The minimum Gasteiger partial charge on any atom is -0.726 e. The first kappa shape index (κ1) is 16.2. The molecule has 1 aliphatic heterocycles. The molecule has 1 fully saturated rings. The number of rotatable bonds is 4. The van der Waals surface area contributed by atoms with Gasteiger partial charge in [0.15, 0.2) is 6.29 Å². The molecule has 4 N–H and O–H groups in total. The van der Waals surface area contributed by atoms with E-state index in [0.717, 1.165) is 6.92 Å². The van der Waals surface area contributed by atoms with Crippen LogP contribution in [0.4, 0.5) is 0 Å². The number of aliphatic hydroxyl groups excluding tert-OH is 3. The van der Waals surface area contributed by atoms with Crippen LogP contribution in [0.25, 0.3) is 0 Å². The predicted octanol–water partition coefficient (Wildman–Crippen LogP) is -3.59. The maximum atomic E-state index is 10.8. The maximum Gasteiger partial charge on any atom is 0.217 e. The van der Waals surface area contributed by atoms with Crippen molar-refractivity contribution in [2.75, 3.05) is 6.61 Å². The van der Waals surface area contributed by atoms with Gasteiger partial charge in [0, 0.05) is 6.92 Å². The summed E-state index contributed by atoms with van der Waals surface area (Å²) in [6.07, 6.45) is -6.39. The third kappa shape index (κ3) is 4.65. The summed E-state index contributed by atoms with van der Waals surface area (Å²) in [7, 11) is -4.99. The van der Waals surface area contributed by atoms with Gasteiger partial charge in [-0.15, -0.1) is 0 Å². The van der Waals surface area contributed by atoms with E-state index in [9.17, 15) is 33.1 Å². The molecule has 0 saturated carbocycles. The second kappa shape index (κ2) is 6.09. The molecule has 0 aromatic rings. The van der Waals surface area contributed by atoms with Crippen LogP contribution in [0, 0.1) is 0 Å². The lowest BCUT2D eigenvalue weighted by atomic mass is 9.97. The standard InChI is InChI=1S/C8H15NO9S/c1-3(10)9-5-7(12)6(11)4(18-8(5)13)2-17-19(14,15)16/h4-8,11-13H,2H2,1H3,(H,9,10)(H,14,15,16)/p-1/t4-,5-,6+,7-,8-/m1/s1. The van der Waals surface area contributed by atoms with E-state index in [-0.39, 0.29) is 0 Å². The molecule has 0 radical (unpaired) electrons. The summed E-state index contributed by atoms with van der Waals surface area (Å²) in [5.41, 5.74) is 0. The average molecular weight is 300 g/mol. The zero-order valence-electron chi connectivity index (χ0n) is 9.79. The predicted molar refractivity (Wildman–Crippen MR) is 56.1 cm³/mol. The van der Waals surface area contributed by atoms with E-state index in [2.05, 4.69) is 9.50 Å². The number of ether oxygens (including phenoxy) is 1. The third-order valence-corrected chi connectivity index (χ3v) is 2.89. The van der Waals surface area contributed by atoms with E-state index in [1.807, 2.05) is 0 Å². The molecule has 1 aliphatic rings. The van der Waals surface area contributed by atoms with Crippen molar-refractivity contribution in [2.45, 2.75) is 37.6 Å². The fourth-order valence-corrected chi connectivity index (χ4v) is 1.93. The van der Waals surface area contributed by atoms with E-state index in [0.29, 0.717) is 0 Å². The summed E-state index contributed by atoms with van der Waals surface area (Å²) in [4.78, 5) is 10.8. The molecule has 19 heavy (non-hydrogen) atoms. The maximum absolute atomic E-state index is 10.8. The minimum absolute atomic E-state index is 0.573. The highest BCUT2D eigenvalue weighted by Gasteiger charge is 2.44. The number of carbonyl (C=O) groups excluding carboxylic acids is 1. The Labute approximate surface area is 108 Å². The van der Waals surface area contributed by atoms with Crippen LogP contribution < -0.4 is 5.32 Å². The Bertz CT molecular complexity index is 424. The van der Waals surface area contributed by atoms with Crippen molar-refractivity contribution in [3.8, 4) is 0 Å². The van der Waals surface area contributed by atoms with Gasteiger partial charge in [0.2, 0.25) is 16.3 Å². The Balaban J connectivity index is 2.69. The van der Waals surface area contributed by atoms with Crippen LogP contribution in [-0.2, 0) is 24.1 Å². The summed E-state index contributed by atoms with van der Waals surface area (Å²) >= 11 is 0. The first-order valence-electron chi connectivity index (χ1n) is 5.19. The van der Waals surface area contributed by atoms with Crippen LogP contribution in [-0.4, -0.2) is 71.4 Å². The van der Waals surface area contributed by atoms with Crippen LogP contribution in [0.3, 0.4) is 0 Å². The highest BCUT2D eigenvalue weighted by atomic mass is 32.3. The Morgan fingerprint density at radius 2 is 1.95 bits per heavy atom. The molecule has 1 saturated heterocycles. The molecule has 112 valence electrons. The summed E-state index contributed by atoms with van der Waals surface area (Å²) < 4.78 is 39.4. The lowest BCUT2D eigenvalue weighted by Gasteiger charge is -2.40. The SMILES string of the molecule is CC(=O)N[C@@H]1[C@@H](O)[C@@H](O)[C@@H](COS(=O)(=O)[O-])O[C@H]1O. The summed E-state index contributed by atoms with van der Waals surface area (Å²) in [6, 6.07) is -1.28. The Morgan fingerprint density at radius 1 is 1.37 bits per heavy atom. The van der Waals surface area contributed by atoms with Crippen molar-refractivity contribution >= 4 is 16.3 Å². The molecule has 1 heterocycles. The normalized spacial score (nSPS) is 35.9. The highest BCUT2D eigenvalue weighted by Crippen LogP contribution is 2.20. The molecule has 1 amide bonds. The van der Waals surface area contributed by atoms with Gasteiger partial charge in [-0.25, -0.2) is 8.42 Å². The molecular formula is C8H14NO9S-. The smallest absolute Gasteiger partial charge is 0.217 e. The van der Waals surface area contributed by atoms with Crippen LogP contribution in [0.15, 0.2) is 0 Å². The van der Waals surface area contributed by atoms with Crippen molar-refractivity contribution in [3.05, 3.63) is 0 Å². The molecule has 10 nitrogen and oxygen atoms in total. The molecule has 0 aromatic heterocycles. The number of aliphatic hydroxyl groups is 3. The topological polar surface area (TPSA) is 165 Å². The van der Waals surface area contributed by atoms with Crippen LogP contribution in [0.5, 0.6) is 0 Å². The number of nitrogens with one attached hydrogen (secondary N) is 1. The van der Waals surface area contributed by atoms with Gasteiger partial charge in [-0.05, 0) is 0 Å². The average Bonchev–Trinajstić information content (AvgIpc) is 2.26. The molecule has 0 aliphatic carbocycles. The Kier molecular flexibility index (Phi) is 5.20. The monoisotopic (exact) mass is 300 g/mol. The van der Waals surface area contributed by atoms with E-state index in [1.165, 1.54) is 0 Å². The van der Waals surface area contributed by atoms with Crippen LogP contribution >= 0.6 is 0 Å². The van der Waals surface area contributed by atoms with Crippen LogP contribution in [0.1, 0.15) is 6.92 Å². The fraction of sp³-hybridized carbons (Fsp3) is 0.875. The molecule has 0 spiro atoms. The fourth-order valence-electron chi connectivity index (χ4n) is 1.62. The zero-order chi connectivity index (χ0) is 14.8. The van der Waals surface area contributed by atoms with Crippen molar-refractivity contribution in [3.63, 3.8) is 0 Å². The largest absolute Gasteiger partial charge is 0.726 e. The van der Waals surface area contributed by atoms with Gasteiger partial charge in [-0.2, -0.15) is 0 Å². The molecule has 5 atom stereocenters. The highest BCUT2D eigenvalue weighted by molar-refractivity contribution is 7.80. The van der Waals surface area contributed by atoms with Crippen molar-refractivity contribution in [1.82, 2.24) is 5.32 Å².